The lowest BCUT2D eigenvalue weighted by molar-refractivity contribution is 0.0916. The summed E-state index contributed by atoms with van der Waals surface area (Å²) in [6, 6.07) is 5.17. The van der Waals surface area contributed by atoms with Crippen molar-refractivity contribution in [1.29, 1.82) is 0 Å². The van der Waals surface area contributed by atoms with Crippen LogP contribution in [-0.2, 0) is 0 Å². The number of carbonyl (C=O) groups is 1. The van der Waals surface area contributed by atoms with Crippen LogP contribution in [0.1, 0.15) is 30.6 Å². The number of nitrogens with one attached hydrogen (secondary N) is 1. The maximum absolute atomic E-state index is 12.1. The van der Waals surface area contributed by atoms with E-state index in [4.69, 9.17) is 16.7 Å². The molecule has 0 aliphatic rings. The zero-order valence-electron chi connectivity index (χ0n) is 10.4. The van der Waals surface area contributed by atoms with Gasteiger partial charge in [0.2, 0.25) is 0 Å². The zero-order valence-corrected chi connectivity index (χ0v) is 12.8. The Labute approximate surface area is 121 Å². The lowest BCUT2D eigenvalue weighted by Crippen LogP contribution is -2.39. The number of aliphatic hydroxyl groups is 1. The lowest BCUT2D eigenvalue weighted by Gasteiger charge is -2.21. The van der Waals surface area contributed by atoms with Crippen LogP contribution in [0.3, 0.4) is 0 Å². The van der Waals surface area contributed by atoms with Gasteiger partial charge in [0.05, 0.1) is 10.6 Å². The number of halogens is 2. The maximum Gasteiger partial charge on any atom is 0.253 e. The van der Waals surface area contributed by atoms with Crippen molar-refractivity contribution in [2.45, 2.75) is 26.3 Å². The Balaban J connectivity index is 2.84. The molecule has 0 spiro atoms. The molecule has 1 rings (SSSR count). The van der Waals surface area contributed by atoms with Crippen LogP contribution >= 0.6 is 27.5 Å². The van der Waals surface area contributed by atoms with Crippen molar-refractivity contribution >= 4 is 33.4 Å². The van der Waals surface area contributed by atoms with Crippen LogP contribution in [0.15, 0.2) is 22.7 Å². The number of hydrogen-bond donors (Lipinski definition) is 2. The summed E-state index contributed by atoms with van der Waals surface area (Å²) in [7, 11) is 0. The SMILES string of the molecule is CC(C)C(CCO)NC(=O)c1cccc(Br)c1Cl. The van der Waals surface area contributed by atoms with Gasteiger partial charge in [0, 0.05) is 17.1 Å². The van der Waals surface area contributed by atoms with E-state index in [1.165, 1.54) is 0 Å². The van der Waals surface area contributed by atoms with Gasteiger partial charge in [-0.1, -0.05) is 31.5 Å². The van der Waals surface area contributed by atoms with Crippen molar-refractivity contribution < 1.29 is 9.90 Å². The highest BCUT2D eigenvalue weighted by Gasteiger charge is 2.18. The summed E-state index contributed by atoms with van der Waals surface area (Å²) in [6.45, 7) is 4.06. The highest BCUT2D eigenvalue weighted by atomic mass is 79.9. The molecule has 1 amide bonds. The van der Waals surface area contributed by atoms with Gasteiger partial charge in [-0.2, -0.15) is 0 Å². The van der Waals surface area contributed by atoms with Crippen molar-refractivity contribution in [3.63, 3.8) is 0 Å². The van der Waals surface area contributed by atoms with Gasteiger partial charge >= 0.3 is 0 Å². The van der Waals surface area contributed by atoms with Crippen LogP contribution < -0.4 is 5.32 Å². The van der Waals surface area contributed by atoms with E-state index in [1.54, 1.807) is 18.2 Å². The zero-order chi connectivity index (χ0) is 13.7. The molecule has 0 saturated carbocycles. The average Bonchev–Trinajstić information content (AvgIpc) is 2.31. The largest absolute Gasteiger partial charge is 0.396 e. The Morgan fingerprint density at radius 3 is 2.72 bits per heavy atom. The molecule has 1 aromatic carbocycles. The second-order valence-corrected chi connectivity index (χ2v) is 5.67. The summed E-state index contributed by atoms with van der Waals surface area (Å²) in [4.78, 5) is 12.1. The number of benzene rings is 1. The smallest absolute Gasteiger partial charge is 0.253 e. The topological polar surface area (TPSA) is 49.3 Å². The second kappa shape index (κ2) is 7.12. The minimum absolute atomic E-state index is 0.0509. The Morgan fingerprint density at radius 2 is 2.17 bits per heavy atom. The maximum atomic E-state index is 12.1. The molecule has 0 aromatic heterocycles. The van der Waals surface area contributed by atoms with Crippen LogP contribution in [0.2, 0.25) is 5.02 Å². The summed E-state index contributed by atoms with van der Waals surface area (Å²) in [6.07, 6.45) is 0.537. The average molecular weight is 335 g/mol. The summed E-state index contributed by atoms with van der Waals surface area (Å²) in [5.41, 5.74) is 0.439. The van der Waals surface area contributed by atoms with E-state index in [0.717, 1.165) is 0 Å². The van der Waals surface area contributed by atoms with Crippen molar-refractivity contribution in [3.8, 4) is 0 Å². The predicted octanol–water partition coefficient (Wildman–Crippen LogP) is 3.24. The molecule has 1 atom stereocenters. The molecule has 0 heterocycles. The lowest BCUT2D eigenvalue weighted by atomic mass is 10.0. The van der Waals surface area contributed by atoms with Gasteiger partial charge < -0.3 is 10.4 Å². The molecule has 18 heavy (non-hydrogen) atoms. The molecule has 0 bridgehead atoms. The first-order chi connectivity index (χ1) is 8.47. The molecular formula is C13H17BrClNO2. The van der Waals surface area contributed by atoms with Gasteiger partial charge in [0.1, 0.15) is 0 Å². The van der Waals surface area contributed by atoms with E-state index in [2.05, 4.69) is 21.2 Å². The number of amides is 1. The first kappa shape index (κ1) is 15.5. The molecule has 100 valence electrons. The van der Waals surface area contributed by atoms with Crippen LogP contribution in [0.5, 0.6) is 0 Å². The summed E-state index contributed by atoms with van der Waals surface area (Å²) >= 11 is 9.36. The van der Waals surface area contributed by atoms with Crippen molar-refractivity contribution in [1.82, 2.24) is 5.32 Å². The molecule has 0 radical (unpaired) electrons. The number of aliphatic hydroxyl groups excluding tert-OH is 1. The third-order valence-electron chi connectivity index (χ3n) is 2.76. The number of hydrogen-bond acceptors (Lipinski definition) is 2. The third-order valence-corrected chi connectivity index (χ3v) is 4.05. The molecule has 1 unspecified atom stereocenters. The van der Waals surface area contributed by atoms with Gasteiger partial charge in [0.25, 0.3) is 5.91 Å². The standard InChI is InChI=1S/C13H17BrClNO2/c1-8(2)11(6-7-17)16-13(18)9-4-3-5-10(14)12(9)15/h3-5,8,11,17H,6-7H2,1-2H3,(H,16,18). The van der Waals surface area contributed by atoms with Crippen LogP contribution in [-0.4, -0.2) is 23.7 Å². The fourth-order valence-electron chi connectivity index (χ4n) is 1.64. The summed E-state index contributed by atoms with van der Waals surface area (Å²) in [5.74, 6) is 0.0421. The molecule has 1 aromatic rings. The Kier molecular flexibility index (Phi) is 6.12. The first-order valence-corrected chi connectivity index (χ1v) is 7.00. The van der Waals surface area contributed by atoms with Crippen LogP contribution in [0.4, 0.5) is 0 Å². The van der Waals surface area contributed by atoms with Crippen LogP contribution in [0.25, 0.3) is 0 Å². The predicted molar refractivity (Wildman–Crippen MR) is 76.9 cm³/mol. The van der Waals surface area contributed by atoms with E-state index < -0.39 is 0 Å². The number of carbonyl (C=O) groups excluding carboxylic acids is 1. The summed E-state index contributed by atoms with van der Waals surface area (Å²) in [5, 5.41) is 12.3. The fourth-order valence-corrected chi connectivity index (χ4v) is 2.21. The van der Waals surface area contributed by atoms with Gasteiger partial charge in [-0.05, 0) is 40.4 Å². The van der Waals surface area contributed by atoms with E-state index in [0.29, 0.717) is 21.5 Å². The van der Waals surface area contributed by atoms with E-state index >= 15 is 0 Å². The van der Waals surface area contributed by atoms with Crippen molar-refractivity contribution in [2.75, 3.05) is 6.61 Å². The van der Waals surface area contributed by atoms with Gasteiger partial charge in [-0.15, -0.1) is 0 Å². The van der Waals surface area contributed by atoms with Crippen LogP contribution in [0, 0.1) is 5.92 Å². The number of rotatable bonds is 5. The normalized spacial score (nSPS) is 12.6. The van der Waals surface area contributed by atoms with Gasteiger partial charge in [0.15, 0.2) is 0 Å². The first-order valence-electron chi connectivity index (χ1n) is 5.83. The minimum Gasteiger partial charge on any atom is -0.396 e. The van der Waals surface area contributed by atoms with E-state index in [9.17, 15) is 4.79 Å². The molecule has 0 fully saturated rings. The Hall–Kier alpha value is -0.580. The summed E-state index contributed by atoms with van der Waals surface area (Å²) < 4.78 is 0.695. The highest BCUT2D eigenvalue weighted by molar-refractivity contribution is 9.10. The highest BCUT2D eigenvalue weighted by Crippen LogP contribution is 2.26. The monoisotopic (exact) mass is 333 g/mol. The van der Waals surface area contributed by atoms with E-state index in [-0.39, 0.29) is 24.5 Å². The van der Waals surface area contributed by atoms with Crippen molar-refractivity contribution in [2.24, 2.45) is 5.92 Å². The minimum atomic E-state index is -0.214. The third kappa shape index (κ3) is 3.97. The molecule has 0 aliphatic heterocycles. The second-order valence-electron chi connectivity index (χ2n) is 4.44. The fraction of sp³-hybridized carbons (Fsp3) is 0.462. The molecular weight excluding hydrogens is 318 g/mol. The molecule has 0 aliphatic carbocycles. The van der Waals surface area contributed by atoms with Gasteiger partial charge in [-0.25, -0.2) is 0 Å². The van der Waals surface area contributed by atoms with Gasteiger partial charge in [-0.3, -0.25) is 4.79 Å². The van der Waals surface area contributed by atoms with Crippen molar-refractivity contribution in [3.05, 3.63) is 33.3 Å². The molecule has 2 N–H and O–H groups in total. The Morgan fingerprint density at radius 1 is 1.50 bits per heavy atom. The molecule has 5 heteroatoms. The molecule has 0 saturated heterocycles. The Bertz CT molecular complexity index is 423. The molecule has 3 nitrogen and oxygen atoms in total. The van der Waals surface area contributed by atoms with E-state index in [1.807, 2.05) is 13.8 Å². The quantitative estimate of drug-likeness (QED) is 0.868.